The summed E-state index contributed by atoms with van der Waals surface area (Å²) in [6, 6.07) is 18.8. The molecule has 1 atom stereocenters. The van der Waals surface area contributed by atoms with E-state index in [0.29, 0.717) is 0 Å². The van der Waals surface area contributed by atoms with E-state index in [0.717, 1.165) is 11.1 Å². The Morgan fingerprint density at radius 2 is 1.45 bits per heavy atom. The van der Waals surface area contributed by atoms with E-state index in [1.54, 1.807) is 13.8 Å². The Labute approximate surface area is 171 Å². The second kappa shape index (κ2) is 8.90. The van der Waals surface area contributed by atoms with E-state index >= 15 is 0 Å². The average Bonchev–Trinajstić information content (AvgIpc) is 3.02. The molecule has 0 amide bonds. The molecule has 156 valence electrons. The lowest BCUT2D eigenvalue weighted by molar-refractivity contribution is -0.167. The topological polar surface area (TPSA) is 71.1 Å². The summed E-state index contributed by atoms with van der Waals surface area (Å²) in [4.78, 5) is 12.4. The van der Waals surface area contributed by atoms with Gasteiger partial charge >= 0.3 is 7.60 Å². The molecule has 7 heteroatoms. The van der Waals surface area contributed by atoms with Gasteiger partial charge in [0.2, 0.25) is 0 Å². The number of ether oxygens (including phenoxy) is 2. The third-order valence-electron chi connectivity index (χ3n) is 4.73. The first kappa shape index (κ1) is 21.9. The number of benzene rings is 2. The van der Waals surface area contributed by atoms with Crippen LogP contribution in [0.3, 0.4) is 0 Å². The largest absolute Gasteiger partial charge is 0.347 e. The van der Waals surface area contributed by atoms with E-state index < -0.39 is 19.0 Å². The molecular weight excluding hydrogens is 391 g/mol. The molecule has 0 N–H and O–H groups in total. The highest BCUT2D eigenvalue weighted by atomic mass is 31.2. The quantitative estimate of drug-likeness (QED) is 0.549. The Morgan fingerprint density at radius 3 is 1.83 bits per heavy atom. The molecule has 2 aromatic carbocycles. The first-order chi connectivity index (χ1) is 13.7. The van der Waals surface area contributed by atoms with Crippen LogP contribution in [0.2, 0.25) is 0 Å². The minimum atomic E-state index is -3.70. The van der Waals surface area contributed by atoms with E-state index in [9.17, 15) is 9.36 Å². The van der Waals surface area contributed by atoms with Crippen molar-refractivity contribution in [3.05, 3.63) is 71.8 Å². The van der Waals surface area contributed by atoms with Crippen molar-refractivity contribution in [3.8, 4) is 0 Å². The number of Topliss-reactive ketones (excluding diaryl/α,β-unsaturated/α-hetero) is 1. The molecule has 0 saturated carbocycles. The predicted molar refractivity (Wildman–Crippen MR) is 109 cm³/mol. The summed E-state index contributed by atoms with van der Waals surface area (Å²) in [5.41, 5.74) is 0.348. The molecule has 0 aromatic heterocycles. The van der Waals surface area contributed by atoms with Gasteiger partial charge in [-0.05, 0) is 31.9 Å². The zero-order chi connectivity index (χ0) is 21.0. The van der Waals surface area contributed by atoms with E-state index in [1.807, 2.05) is 60.7 Å². The summed E-state index contributed by atoms with van der Waals surface area (Å²) in [6.45, 7) is 5.05. The first-order valence-corrected chi connectivity index (χ1v) is 11.3. The molecule has 1 aliphatic heterocycles. The number of carbonyl (C=O) groups is 1. The molecule has 1 aliphatic rings. The van der Waals surface area contributed by atoms with Crippen LogP contribution in [0, 0.1) is 0 Å². The lowest BCUT2D eigenvalue weighted by atomic mass is 10.0. The number of ketones is 1. The SMILES string of the molecule is CC(=O)C1(CP(=O)(OCc2ccccc2)OCc2ccccc2)COC(C)(C)O1. The molecule has 1 heterocycles. The monoisotopic (exact) mass is 418 g/mol. The summed E-state index contributed by atoms with van der Waals surface area (Å²) in [6.07, 6.45) is -0.210. The Kier molecular flexibility index (Phi) is 6.72. The van der Waals surface area contributed by atoms with Gasteiger partial charge in [0, 0.05) is 0 Å². The third-order valence-corrected chi connectivity index (χ3v) is 6.67. The molecule has 1 saturated heterocycles. The van der Waals surface area contributed by atoms with E-state index in [-0.39, 0.29) is 31.8 Å². The summed E-state index contributed by atoms with van der Waals surface area (Å²) in [7, 11) is -3.70. The maximum absolute atomic E-state index is 13.7. The van der Waals surface area contributed by atoms with Gasteiger partial charge in [-0.2, -0.15) is 0 Å². The highest BCUT2D eigenvalue weighted by Gasteiger charge is 2.53. The average molecular weight is 418 g/mol. The third kappa shape index (κ3) is 5.84. The van der Waals surface area contributed by atoms with Crippen LogP contribution in [0.1, 0.15) is 31.9 Å². The van der Waals surface area contributed by atoms with Gasteiger partial charge < -0.3 is 18.5 Å². The van der Waals surface area contributed by atoms with Gasteiger partial charge in [-0.25, -0.2) is 0 Å². The van der Waals surface area contributed by atoms with Crippen LogP contribution in [0.25, 0.3) is 0 Å². The summed E-state index contributed by atoms with van der Waals surface area (Å²) >= 11 is 0. The van der Waals surface area contributed by atoms with Crippen LogP contribution in [0.4, 0.5) is 0 Å². The van der Waals surface area contributed by atoms with Crippen molar-refractivity contribution in [2.24, 2.45) is 0 Å². The number of carbonyl (C=O) groups excluding carboxylic acids is 1. The Balaban J connectivity index is 1.80. The Bertz CT molecular complexity index is 820. The lowest BCUT2D eigenvalue weighted by Crippen LogP contribution is -2.45. The molecule has 1 fully saturated rings. The summed E-state index contributed by atoms with van der Waals surface area (Å²) < 4.78 is 36.8. The van der Waals surface area contributed by atoms with Crippen molar-refractivity contribution >= 4 is 13.4 Å². The molecule has 3 rings (SSSR count). The van der Waals surface area contributed by atoms with Crippen LogP contribution in [0.5, 0.6) is 0 Å². The van der Waals surface area contributed by atoms with Crippen LogP contribution in [0.15, 0.2) is 60.7 Å². The molecule has 2 aromatic rings. The second-order valence-corrected chi connectivity index (χ2v) is 9.68. The summed E-state index contributed by atoms with van der Waals surface area (Å²) in [5, 5.41) is 0. The van der Waals surface area contributed by atoms with Crippen LogP contribution in [-0.2, 0) is 41.1 Å². The van der Waals surface area contributed by atoms with Gasteiger partial charge in [-0.15, -0.1) is 0 Å². The maximum Gasteiger partial charge on any atom is 0.334 e. The minimum absolute atomic E-state index is 0.00270. The summed E-state index contributed by atoms with van der Waals surface area (Å²) in [5.74, 6) is -1.22. The molecule has 6 nitrogen and oxygen atoms in total. The molecule has 0 bridgehead atoms. The minimum Gasteiger partial charge on any atom is -0.347 e. The van der Waals surface area contributed by atoms with Crippen molar-refractivity contribution in [1.29, 1.82) is 0 Å². The Morgan fingerprint density at radius 1 is 0.966 bits per heavy atom. The van der Waals surface area contributed by atoms with Crippen molar-refractivity contribution < 1.29 is 27.9 Å². The van der Waals surface area contributed by atoms with Gasteiger partial charge in [0.15, 0.2) is 17.2 Å². The van der Waals surface area contributed by atoms with Crippen LogP contribution >= 0.6 is 7.60 Å². The number of hydrogen-bond acceptors (Lipinski definition) is 6. The number of rotatable bonds is 9. The second-order valence-electron chi connectivity index (χ2n) is 7.63. The number of hydrogen-bond donors (Lipinski definition) is 0. The fourth-order valence-corrected chi connectivity index (χ4v) is 5.07. The van der Waals surface area contributed by atoms with Crippen LogP contribution in [-0.4, -0.2) is 29.9 Å². The zero-order valence-corrected chi connectivity index (χ0v) is 17.9. The fraction of sp³-hybridized carbons (Fsp3) is 0.409. The van der Waals surface area contributed by atoms with Gasteiger partial charge in [-0.1, -0.05) is 60.7 Å². The highest BCUT2D eigenvalue weighted by molar-refractivity contribution is 7.54. The van der Waals surface area contributed by atoms with Crippen LogP contribution < -0.4 is 0 Å². The zero-order valence-electron chi connectivity index (χ0n) is 17.0. The molecule has 0 radical (unpaired) electrons. The van der Waals surface area contributed by atoms with Gasteiger partial charge in [0.25, 0.3) is 0 Å². The predicted octanol–water partition coefficient (Wildman–Crippen LogP) is 4.72. The van der Waals surface area contributed by atoms with Crippen molar-refractivity contribution in [2.45, 2.75) is 45.4 Å². The van der Waals surface area contributed by atoms with Gasteiger partial charge in [0.1, 0.15) is 0 Å². The van der Waals surface area contributed by atoms with Crippen molar-refractivity contribution in [2.75, 3.05) is 12.8 Å². The van der Waals surface area contributed by atoms with Crippen molar-refractivity contribution in [3.63, 3.8) is 0 Å². The highest BCUT2D eigenvalue weighted by Crippen LogP contribution is 2.54. The van der Waals surface area contributed by atoms with E-state index in [1.165, 1.54) is 6.92 Å². The normalized spacial score (nSPS) is 21.2. The fourth-order valence-electron chi connectivity index (χ4n) is 3.12. The molecule has 29 heavy (non-hydrogen) atoms. The van der Waals surface area contributed by atoms with E-state index in [4.69, 9.17) is 18.5 Å². The standard InChI is InChI=1S/C22H27O6P/c1-18(23)22(16-25-21(2,3)28-22)17-29(24,26-14-19-10-6-4-7-11-19)27-15-20-12-8-5-9-13-20/h4-13H,14-17H2,1-3H3. The molecular formula is C22H27O6P. The van der Waals surface area contributed by atoms with Gasteiger partial charge in [0.05, 0.1) is 26.0 Å². The van der Waals surface area contributed by atoms with Crippen molar-refractivity contribution in [1.82, 2.24) is 0 Å². The molecule has 1 unspecified atom stereocenters. The Hall–Kier alpha value is -1.82. The smallest absolute Gasteiger partial charge is 0.334 e. The first-order valence-electron chi connectivity index (χ1n) is 9.53. The molecule has 0 aliphatic carbocycles. The maximum atomic E-state index is 13.7. The lowest BCUT2D eigenvalue weighted by Gasteiger charge is -2.30. The van der Waals surface area contributed by atoms with Gasteiger partial charge in [-0.3, -0.25) is 9.36 Å². The van der Waals surface area contributed by atoms with E-state index in [2.05, 4.69) is 0 Å². The molecule has 0 spiro atoms.